The second-order valence-electron chi connectivity index (χ2n) is 22.3. The molecule has 4 aromatic carbocycles. The van der Waals surface area contributed by atoms with Crippen molar-refractivity contribution in [3.8, 4) is 0 Å². The molecule has 0 saturated carbocycles. The minimum atomic E-state index is -1.11. The van der Waals surface area contributed by atoms with Crippen molar-refractivity contribution in [3.05, 3.63) is 151 Å². The standard InChI is InChI=1S/2C21H24N2.2C6H18NSi2.2Sm/c2*1-14(2)18-9-7-10-19(15(3)4)21(18)22-13-17-12-16-8-5-6-11-20(16)23-17;2*1-8(2,3)7-9(4,5)6;;/h2*5-12,14-15H,13H2,1-4H3;2*1-6H3;;/q2*-2;2*-1;2*+3. The molecule has 0 atom stereocenters. The third-order valence-electron chi connectivity index (χ3n) is 9.87. The zero-order valence-corrected chi connectivity index (χ0v) is 53.7. The second-order valence-corrected chi connectivity index (χ2v) is 41.5. The van der Waals surface area contributed by atoms with Crippen molar-refractivity contribution in [1.82, 2.24) is 9.97 Å². The Hall–Kier alpha value is -0.977. The first-order valence-corrected chi connectivity index (χ1v) is 37.4. The predicted octanol–water partition coefficient (Wildman–Crippen LogP) is 18.6. The summed E-state index contributed by atoms with van der Waals surface area (Å²) in [4.78, 5) is 9.37. The van der Waals surface area contributed by atoms with Crippen LogP contribution in [-0.2, 0) is 13.1 Å². The first kappa shape index (κ1) is 63.0. The van der Waals surface area contributed by atoms with Gasteiger partial charge in [-0.3, -0.25) is 0 Å². The Bertz CT molecular complexity index is 2020. The van der Waals surface area contributed by atoms with Crippen LogP contribution in [0.2, 0.25) is 78.6 Å². The number of fused-ring (bicyclic) bond motifs is 2. The van der Waals surface area contributed by atoms with Crippen molar-refractivity contribution >= 4 is 66.1 Å². The molecule has 66 heavy (non-hydrogen) atoms. The SMILES string of the molecule is CC(C)c1cccc(C(C)C)c1[N-]Cc1cc2ccccc2[n-]1.CC(C)c1cccc(C(C)C)c1[N-]Cc1cc2ccccc2[n-]1.C[Si](C)(C)[N-][Si](C)(C)C.C[Si](C)(C)[N-][Si](C)(C)C.[Sm+3].[Sm+3]. The van der Waals surface area contributed by atoms with Gasteiger partial charge in [-0.1, -0.05) is 286 Å². The molecule has 0 unspecified atom stereocenters. The second kappa shape index (κ2) is 28.2. The summed E-state index contributed by atoms with van der Waals surface area (Å²) in [5.74, 6) is 1.89. The van der Waals surface area contributed by atoms with E-state index >= 15 is 0 Å². The summed E-state index contributed by atoms with van der Waals surface area (Å²) in [7, 11) is -4.42. The molecule has 2 heterocycles. The van der Waals surface area contributed by atoms with Crippen LogP contribution >= 0.6 is 0 Å². The Morgan fingerprint density at radius 2 is 0.636 bits per heavy atom. The molecule has 2 radical (unpaired) electrons. The molecule has 0 bridgehead atoms. The third-order valence-corrected chi connectivity index (χ3v) is 20.6. The third kappa shape index (κ3) is 22.8. The van der Waals surface area contributed by atoms with Crippen molar-refractivity contribution in [2.45, 2.75) is 171 Å². The van der Waals surface area contributed by atoms with E-state index in [2.05, 4.69) is 229 Å². The van der Waals surface area contributed by atoms with Crippen LogP contribution in [0.15, 0.2) is 97.1 Å². The number of aromatic nitrogens is 2. The average Bonchev–Trinajstić information content (AvgIpc) is 3.77. The van der Waals surface area contributed by atoms with Crippen molar-refractivity contribution < 1.29 is 80.8 Å². The zero-order chi connectivity index (χ0) is 48.2. The molecular weight excluding hydrogens is 1150 g/mol. The van der Waals surface area contributed by atoms with Gasteiger partial charge in [0.25, 0.3) is 0 Å². The number of hydrogen-bond acceptors (Lipinski definition) is 0. The first-order chi connectivity index (χ1) is 29.5. The van der Waals surface area contributed by atoms with E-state index in [-0.39, 0.29) is 80.8 Å². The van der Waals surface area contributed by atoms with Gasteiger partial charge >= 0.3 is 80.8 Å². The maximum absolute atomic E-state index is 4.95. The van der Waals surface area contributed by atoms with Gasteiger partial charge in [0.15, 0.2) is 0 Å². The number of para-hydroxylation sites is 4. The molecule has 0 N–H and O–H groups in total. The first-order valence-electron chi connectivity index (χ1n) is 23.6. The smallest absolute Gasteiger partial charge is 0.682 e. The zero-order valence-electron chi connectivity index (χ0n) is 44.5. The molecule has 6 nitrogen and oxygen atoms in total. The number of benzene rings is 4. The minimum Gasteiger partial charge on any atom is -0.682 e. The molecule has 6 rings (SSSR count). The molecule has 0 aliphatic carbocycles. The monoisotopic (exact) mass is 1230 g/mol. The van der Waals surface area contributed by atoms with Crippen LogP contribution in [0.5, 0.6) is 0 Å². The topological polar surface area (TPSA) is 84.6 Å². The summed E-state index contributed by atoms with van der Waals surface area (Å²) in [5, 5.41) is 12.3. The van der Waals surface area contributed by atoms with Gasteiger partial charge in [-0.15, -0.1) is 35.5 Å². The molecule has 2 aromatic heterocycles. The fourth-order valence-corrected chi connectivity index (χ4v) is 24.1. The molecule has 6 aromatic rings. The van der Waals surface area contributed by atoms with Gasteiger partial charge in [0.1, 0.15) is 0 Å². The van der Waals surface area contributed by atoms with Gasteiger partial charge in [0.05, 0.1) is 0 Å². The largest absolute Gasteiger partial charge is 3.00 e. The summed E-state index contributed by atoms with van der Waals surface area (Å²) in [6.07, 6.45) is 0. The number of nitrogens with zero attached hydrogens (tertiary/aromatic N) is 6. The van der Waals surface area contributed by atoms with Crippen LogP contribution in [-0.4, -0.2) is 32.9 Å². The van der Waals surface area contributed by atoms with Gasteiger partial charge < -0.3 is 29.9 Å². The fraction of sp³-hybridized carbons (Fsp3) is 0.481. The number of hydrogen-bond donors (Lipinski definition) is 0. The van der Waals surface area contributed by atoms with Crippen LogP contribution < -0.4 is 9.97 Å². The molecule has 12 heteroatoms. The summed E-state index contributed by atoms with van der Waals surface area (Å²) >= 11 is 0. The summed E-state index contributed by atoms with van der Waals surface area (Å²) in [6, 6.07) is 33.9. The average molecular weight is 1230 g/mol. The molecule has 0 saturated heterocycles. The van der Waals surface area contributed by atoms with E-state index in [9.17, 15) is 0 Å². The van der Waals surface area contributed by atoms with Crippen molar-refractivity contribution in [2.75, 3.05) is 0 Å². The van der Waals surface area contributed by atoms with E-state index < -0.39 is 32.9 Å². The van der Waals surface area contributed by atoms with Gasteiger partial charge in [0.2, 0.25) is 0 Å². The van der Waals surface area contributed by atoms with E-state index in [1.165, 1.54) is 33.0 Å². The molecule has 358 valence electrons. The van der Waals surface area contributed by atoms with E-state index in [0.29, 0.717) is 36.8 Å². The van der Waals surface area contributed by atoms with Crippen LogP contribution in [0, 0.1) is 80.8 Å². The van der Waals surface area contributed by atoms with Crippen LogP contribution in [0.3, 0.4) is 0 Å². The van der Waals surface area contributed by atoms with Crippen LogP contribution in [0.4, 0.5) is 11.4 Å². The Kier molecular flexibility index (Phi) is 26.9. The van der Waals surface area contributed by atoms with Gasteiger partial charge in [-0.05, 0) is 34.4 Å². The maximum Gasteiger partial charge on any atom is 3.00 e. The fourth-order valence-electron chi connectivity index (χ4n) is 8.04. The molecular formula is C54H84N6Si4Sm2. The molecule has 0 aliphatic rings. The maximum atomic E-state index is 4.95. The molecule has 0 aliphatic heterocycles. The normalized spacial score (nSPS) is 11.9. The van der Waals surface area contributed by atoms with E-state index in [4.69, 9.17) is 19.9 Å². The van der Waals surface area contributed by atoms with Crippen molar-refractivity contribution in [1.29, 1.82) is 0 Å². The van der Waals surface area contributed by atoms with Crippen molar-refractivity contribution in [3.63, 3.8) is 0 Å². The van der Waals surface area contributed by atoms with Gasteiger partial charge in [0, 0.05) is 0 Å². The minimum absolute atomic E-state index is 0. The van der Waals surface area contributed by atoms with E-state index in [0.717, 1.165) is 33.8 Å². The molecule has 0 amide bonds. The van der Waals surface area contributed by atoms with Crippen molar-refractivity contribution in [2.24, 2.45) is 0 Å². The predicted molar refractivity (Wildman–Crippen MR) is 297 cm³/mol. The molecule has 0 spiro atoms. The van der Waals surface area contributed by atoms with E-state index in [1.807, 2.05) is 12.1 Å². The summed E-state index contributed by atoms with van der Waals surface area (Å²) in [5.41, 5.74) is 11.8. The Labute approximate surface area is 472 Å². The Morgan fingerprint density at radius 3 is 0.848 bits per heavy atom. The van der Waals surface area contributed by atoms with E-state index in [1.54, 1.807) is 0 Å². The van der Waals surface area contributed by atoms with Gasteiger partial charge in [-0.25, -0.2) is 0 Å². The number of rotatable bonds is 14. The van der Waals surface area contributed by atoms with Gasteiger partial charge in [-0.2, -0.15) is 11.4 Å². The summed E-state index contributed by atoms with van der Waals surface area (Å²) < 4.78 is 9.64. The Morgan fingerprint density at radius 1 is 0.379 bits per heavy atom. The summed E-state index contributed by atoms with van der Waals surface area (Å²) in [6.45, 7) is 46.7. The van der Waals surface area contributed by atoms with Crippen LogP contribution in [0.1, 0.15) is 113 Å². The molecule has 0 fully saturated rings. The van der Waals surface area contributed by atoms with Crippen LogP contribution in [0.25, 0.3) is 41.7 Å². The quantitative estimate of drug-likeness (QED) is 0.102. The Balaban J connectivity index is 0.000000476.